The maximum Gasteiger partial charge on any atom is 0.213 e. The molecule has 134 valence electrons. The van der Waals surface area contributed by atoms with Crippen LogP contribution in [0.2, 0.25) is 0 Å². The van der Waals surface area contributed by atoms with E-state index in [4.69, 9.17) is 4.74 Å². The molecule has 24 heavy (non-hydrogen) atoms. The van der Waals surface area contributed by atoms with Gasteiger partial charge in [0.1, 0.15) is 0 Å². The first-order chi connectivity index (χ1) is 11.2. The van der Waals surface area contributed by atoms with Gasteiger partial charge in [-0.15, -0.1) is 24.0 Å². The van der Waals surface area contributed by atoms with Crippen LogP contribution in [0.25, 0.3) is 0 Å². The largest absolute Gasteiger partial charge is 0.478 e. The molecule has 3 rings (SSSR count). The summed E-state index contributed by atoms with van der Waals surface area (Å²) >= 11 is 0. The van der Waals surface area contributed by atoms with Crippen LogP contribution in [0.1, 0.15) is 44.6 Å². The molecule has 1 saturated heterocycles. The minimum atomic E-state index is 0. The number of pyridine rings is 1. The molecule has 0 atom stereocenters. The molecule has 0 aromatic carbocycles. The Hall–Kier alpha value is -1.05. The molecule has 2 heterocycles. The Morgan fingerprint density at radius 1 is 1.38 bits per heavy atom. The van der Waals surface area contributed by atoms with Crippen LogP contribution in [0.5, 0.6) is 5.88 Å². The third-order valence-electron chi connectivity index (χ3n) is 5.07. The maximum absolute atomic E-state index is 5.52. The van der Waals surface area contributed by atoms with Crippen molar-refractivity contribution >= 4 is 29.9 Å². The molecule has 1 aliphatic heterocycles. The fraction of sp³-hybridized carbons (Fsp3) is 0.667. The lowest BCUT2D eigenvalue weighted by Gasteiger charge is -2.38. The van der Waals surface area contributed by atoms with Crippen molar-refractivity contribution in [3.8, 4) is 5.88 Å². The molecule has 0 amide bonds. The number of ether oxygens (including phenoxy) is 1. The second-order valence-electron chi connectivity index (χ2n) is 6.78. The number of halogens is 1. The molecule has 2 fully saturated rings. The molecule has 1 aromatic rings. The van der Waals surface area contributed by atoms with E-state index in [0.29, 0.717) is 17.9 Å². The van der Waals surface area contributed by atoms with E-state index in [0.717, 1.165) is 37.6 Å². The van der Waals surface area contributed by atoms with Crippen LogP contribution < -0.4 is 10.1 Å². The van der Waals surface area contributed by atoms with E-state index in [2.05, 4.69) is 33.2 Å². The average molecular weight is 444 g/mol. The first-order valence-electron chi connectivity index (χ1n) is 8.78. The van der Waals surface area contributed by atoms with Gasteiger partial charge in [0.2, 0.25) is 5.88 Å². The SMILES string of the molecule is CCCOc1ccc(CNC(=NC)N2CCC3(CCC3)C2)cn1.I. The first-order valence-corrected chi connectivity index (χ1v) is 8.78. The Morgan fingerprint density at radius 2 is 2.21 bits per heavy atom. The maximum atomic E-state index is 5.52. The standard InChI is InChI=1S/C18H28N4O.HI/c1-3-11-23-16-6-5-15(12-20-16)13-21-17(19-2)22-10-9-18(14-22)7-4-8-18;/h5-6,12H,3-4,7-11,13-14H2,1-2H3,(H,19,21);1H. The Bertz CT molecular complexity index is 542. The topological polar surface area (TPSA) is 49.8 Å². The molecule has 1 saturated carbocycles. The zero-order valence-electron chi connectivity index (χ0n) is 14.8. The Morgan fingerprint density at radius 3 is 2.75 bits per heavy atom. The highest BCUT2D eigenvalue weighted by molar-refractivity contribution is 14.0. The molecular weight excluding hydrogens is 415 g/mol. The highest BCUT2D eigenvalue weighted by Crippen LogP contribution is 2.47. The van der Waals surface area contributed by atoms with Crippen LogP contribution in [0.4, 0.5) is 0 Å². The number of nitrogens with one attached hydrogen (secondary N) is 1. The molecule has 1 N–H and O–H groups in total. The predicted octanol–water partition coefficient (Wildman–Crippen LogP) is 3.44. The van der Waals surface area contributed by atoms with Gasteiger partial charge in [-0.25, -0.2) is 4.98 Å². The fourth-order valence-electron chi connectivity index (χ4n) is 3.52. The fourth-order valence-corrected chi connectivity index (χ4v) is 3.52. The van der Waals surface area contributed by atoms with Crippen molar-refractivity contribution in [3.63, 3.8) is 0 Å². The molecule has 6 heteroatoms. The van der Waals surface area contributed by atoms with E-state index in [9.17, 15) is 0 Å². The van der Waals surface area contributed by atoms with Crippen molar-refractivity contribution in [2.75, 3.05) is 26.7 Å². The third kappa shape index (κ3) is 4.52. The molecule has 1 spiro atoms. The third-order valence-corrected chi connectivity index (χ3v) is 5.07. The quantitative estimate of drug-likeness (QED) is 0.430. The Kier molecular flexibility index (Phi) is 7.13. The summed E-state index contributed by atoms with van der Waals surface area (Å²) in [4.78, 5) is 11.2. The summed E-state index contributed by atoms with van der Waals surface area (Å²) in [7, 11) is 1.87. The van der Waals surface area contributed by atoms with Gasteiger partial charge in [-0.3, -0.25) is 4.99 Å². The second kappa shape index (κ2) is 8.87. The highest BCUT2D eigenvalue weighted by atomic mass is 127. The molecule has 2 aliphatic rings. The van der Waals surface area contributed by atoms with E-state index < -0.39 is 0 Å². The zero-order valence-corrected chi connectivity index (χ0v) is 17.1. The van der Waals surface area contributed by atoms with Gasteiger partial charge in [0, 0.05) is 38.9 Å². The summed E-state index contributed by atoms with van der Waals surface area (Å²) in [5.74, 6) is 1.71. The summed E-state index contributed by atoms with van der Waals surface area (Å²) < 4.78 is 5.52. The summed E-state index contributed by atoms with van der Waals surface area (Å²) in [6.45, 7) is 5.84. The Labute approximate surface area is 162 Å². The van der Waals surface area contributed by atoms with E-state index in [1.54, 1.807) is 0 Å². The number of hydrogen-bond acceptors (Lipinski definition) is 3. The normalized spacial score (nSPS) is 18.9. The number of nitrogens with zero attached hydrogens (tertiary/aromatic N) is 3. The summed E-state index contributed by atoms with van der Waals surface area (Å²) in [5.41, 5.74) is 1.74. The Balaban J connectivity index is 0.00000208. The minimum absolute atomic E-state index is 0. The van der Waals surface area contributed by atoms with Crippen molar-refractivity contribution in [1.29, 1.82) is 0 Å². The van der Waals surface area contributed by atoms with E-state index in [1.807, 2.05) is 19.3 Å². The number of likely N-dealkylation sites (tertiary alicyclic amines) is 1. The van der Waals surface area contributed by atoms with Gasteiger partial charge in [-0.05, 0) is 36.7 Å². The molecule has 1 aliphatic carbocycles. The van der Waals surface area contributed by atoms with Gasteiger partial charge in [0.15, 0.2) is 5.96 Å². The molecule has 0 bridgehead atoms. The first kappa shape index (κ1) is 19.3. The molecular formula is C18H29IN4O. The van der Waals surface area contributed by atoms with Gasteiger partial charge >= 0.3 is 0 Å². The molecule has 5 nitrogen and oxygen atoms in total. The second-order valence-corrected chi connectivity index (χ2v) is 6.78. The summed E-state index contributed by atoms with van der Waals surface area (Å²) in [5, 5.41) is 3.47. The summed E-state index contributed by atoms with van der Waals surface area (Å²) in [6.07, 6.45) is 8.38. The van der Waals surface area contributed by atoms with Crippen LogP contribution >= 0.6 is 24.0 Å². The van der Waals surface area contributed by atoms with Crippen LogP contribution in [-0.2, 0) is 6.54 Å². The van der Waals surface area contributed by atoms with Gasteiger partial charge < -0.3 is 15.0 Å². The van der Waals surface area contributed by atoms with E-state index in [1.165, 1.54) is 25.7 Å². The van der Waals surface area contributed by atoms with Crippen LogP contribution in [0.15, 0.2) is 23.3 Å². The van der Waals surface area contributed by atoms with Crippen molar-refractivity contribution in [2.24, 2.45) is 10.4 Å². The number of aromatic nitrogens is 1. The molecule has 0 radical (unpaired) electrons. The van der Waals surface area contributed by atoms with Gasteiger partial charge in [0.05, 0.1) is 6.61 Å². The number of hydrogen-bond donors (Lipinski definition) is 1. The van der Waals surface area contributed by atoms with Gasteiger partial charge in [-0.2, -0.15) is 0 Å². The lowest BCUT2D eigenvalue weighted by Crippen LogP contribution is -2.42. The zero-order chi connectivity index (χ0) is 16.1. The van der Waals surface area contributed by atoms with Gasteiger partial charge in [-0.1, -0.05) is 19.4 Å². The highest BCUT2D eigenvalue weighted by Gasteiger charge is 2.43. The van der Waals surface area contributed by atoms with Crippen molar-refractivity contribution in [1.82, 2.24) is 15.2 Å². The van der Waals surface area contributed by atoms with Crippen molar-refractivity contribution < 1.29 is 4.74 Å². The molecule has 1 aromatic heterocycles. The summed E-state index contributed by atoms with van der Waals surface area (Å²) in [6, 6.07) is 4.00. The smallest absolute Gasteiger partial charge is 0.213 e. The number of aliphatic imine (C=N–C) groups is 1. The average Bonchev–Trinajstić information content (AvgIpc) is 3.00. The van der Waals surface area contributed by atoms with Crippen LogP contribution in [-0.4, -0.2) is 42.6 Å². The predicted molar refractivity (Wildman–Crippen MR) is 108 cm³/mol. The van der Waals surface area contributed by atoms with Crippen LogP contribution in [0, 0.1) is 5.41 Å². The monoisotopic (exact) mass is 444 g/mol. The van der Waals surface area contributed by atoms with Crippen molar-refractivity contribution in [2.45, 2.75) is 45.6 Å². The lowest BCUT2D eigenvalue weighted by atomic mass is 9.68. The molecule has 0 unspecified atom stereocenters. The van der Waals surface area contributed by atoms with Crippen LogP contribution in [0.3, 0.4) is 0 Å². The number of rotatable bonds is 5. The van der Waals surface area contributed by atoms with E-state index in [-0.39, 0.29) is 24.0 Å². The van der Waals surface area contributed by atoms with E-state index >= 15 is 0 Å². The minimum Gasteiger partial charge on any atom is -0.478 e. The van der Waals surface area contributed by atoms with Crippen molar-refractivity contribution in [3.05, 3.63) is 23.9 Å². The number of guanidine groups is 1. The van der Waals surface area contributed by atoms with Gasteiger partial charge in [0.25, 0.3) is 0 Å². The lowest BCUT2D eigenvalue weighted by molar-refractivity contribution is 0.151.